The van der Waals surface area contributed by atoms with Gasteiger partial charge >= 0.3 is 0 Å². The highest BCUT2D eigenvalue weighted by atomic mass is 32.2. The summed E-state index contributed by atoms with van der Waals surface area (Å²) in [6.07, 6.45) is 1.51. The molecule has 0 amide bonds. The zero-order valence-corrected chi connectivity index (χ0v) is 17.8. The van der Waals surface area contributed by atoms with Gasteiger partial charge in [-0.25, -0.2) is 8.42 Å². The third-order valence-electron chi connectivity index (χ3n) is 5.04. The molecule has 1 aliphatic heterocycles. The molecule has 11 nitrogen and oxygen atoms in total. The Bertz CT molecular complexity index is 1170. The Balaban J connectivity index is 1.90. The number of hydrazone groups is 1. The van der Waals surface area contributed by atoms with Crippen molar-refractivity contribution >= 4 is 32.8 Å². The highest BCUT2D eigenvalue weighted by molar-refractivity contribution is 7.89. The Morgan fingerprint density at radius 2 is 1.68 bits per heavy atom. The van der Waals surface area contributed by atoms with E-state index in [4.69, 9.17) is 0 Å². The minimum absolute atomic E-state index is 0.00586. The van der Waals surface area contributed by atoms with E-state index in [0.717, 1.165) is 18.9 Å². The van der Waals surface area contributed by atoms with Crippen molar-refractivity contribution in [1.29, 1.82) is 0 Å². The summed E-state index contributed by atoms with van der Waals surface area (Å²) in [5.41, 5.74) is 3.42. The average molecular weight is 447 g/mol. The number of nitro groups is 2. The number of nitrogens with zero attached hydrogens (tertiary/aromatic N) is 4. The van der Waals surface area contributed by atoms with Crippen molar-refractivity contribution in [3.63, 3.8) is 0 Å². The SMILES string of the molecule is CC(=NNc1ccc(S(=O)(=O)N2CCCC2)cc1[N+](=O)[O-])c1ccc(C)c([N+](=O)[O-])c1. The van der Waals surface area contributed by atoms with Gasteiger partial charge in [-0.05, 0) is 38.8 Å². The summed E-state index contributed by atoms with van der Waals surface area (Å²) >= 11 is 0. The normalized spacial score (nSPS) is 15.1. The predicted octanol–water partition coefficient (Wildman–Crippen LogP) is 3.43. The molecule has 0 aliphatic carbocycles. The van der Waals surface area contributed by atoms with E-state index >= 15 is 0 Å². The van der Waals surface area contributed by atoms with Crippen LogP contribution < -0.4 is 5.43 Å². The highest BCUT2D eigenvalue weighted by Crippen LogP contribution is 2.30. The minimum Gasteiger partial charge on any atom is -0.271 e. The minimum atomic E-state index is -3.80. The van der Waals surface area contributed by atoms with Crippen molar-refractivity contribution in [1.82, 2.24) is 4.31 Å². The van der Waals surface area contributed by atoms with Crippen LogP contribution in [0, 0.1) is 27.2 Å². The lowest BCUT2D eigenvalue weighted by Gasteiger charge is -2.15. The quantitative estimate of drug-likeness (QED) is 0.388. The first-order valence-electron chi connectivity index (χ1n) is 9.45. The van der Waals surface area contributed by atoms with Gasteiger partial charge in [0.25, 0.3) is 11.4 Å². The van der Waals surface area contributed by atoms with Gasteiger partial charge in [-0.3, -0.25) is 25.7 Å². The Labute approximate surface area is 178 Å². The number of nitrogens with one attached hydrogen (secondary N) is 1. The molecule has 1 aliphatic rings. The van der Waals surface area contributed by atoms with E-state index in [1.54, 1.807) is 26.0 Å². The van der Waals surface area contributed by atoms with Crippen LogP contribution >= 0.6 is 0 Å². The van der Waals surface area contributed by atoms with Crippen molar-refractivity contribution in [3.8, 4) is 0 Å². The number of benzene rings is 2. The van der Waals surface area contributed by atoms with E-state index in [0.29, 0.717) is 29.9 Å². The number of sulfonamides is 1. The topological polar surface area (TPSA) is 148 Å². The standard InChI is InChI=1S/C19H21N5O6S/c1-13-5-6-15(11-18(13)23(25)26)14(2)20-21-17-8-7-16(12-19(17)24(27)28)31(29,30)22-9-3-4-10-22/h5-8,11-12,21H,3-4,9-10H2,1-2H3. The maximum Gasteiger partial charge on any atom is 0.295 e. The van der Waals surface area contributed by atoms with Gasteiger partial charge < -0.3 is 0 Å². The number of aryl methyl sites for hydroxylation is 1. The fraction of sp³-hybridized carbons (Fsp3) is 0.316. The Kier molecular flexibility index (Phi) is 6.32. The summed E-state index contributed by atoms with van der Waals surface area (Å²) in [6, 6.07) is 8.21. The third kappa shape index (κ3) is 4.70. The fourth-order valence-electron chi connectivity index (χ4n) is 3.23. The summed E-state index contributed by atoms with van der Waals surface area (Å²) in [7, 11) is -3.80. The molecule has 2 aromatic rings. The lowest BCUT2D eigenvalue weighted by Crippen LogP contribution is -2.27. The van der Waals surface area contributed by atoms with Gasteiger partial charge in [0, 0.05) is 36.3 Å². The van der Waals surface area contributed by atoms with Crippen LogP contribution in [0.15, 0.2) is 46.4 Å². The summed E-state index contributed by atoms with van der Waals surface area (Å²) in [6.45, 7) is 4.00. The van der Waals surface area contributed by atoms with E-state index in [-0.39, 0.29) is 16.3 Å². The molecule has 0 radical (unpaired) electrons. The van der Waals surface area contributed by atoms with Crippen LogP contribution in [0.3, 0.4) is 0 Å². The number of hydrogen-bond donors (Lipinski definition) is 1. The van der Waals surface area contributed by atoms with E-state index in [1.165, 1.54) is 22.5 Å². The number of nitro benzene ring substituents is 2. The summed E-state index contributed by atoms with van der Waals surface area (Å²) in [5, 5.41) is 26.7. The van der Waals surface area contributed by atoms with Crippen molar-refractivity contribution in [3.05, 3.63) is 67.8 Å². The van der Waals surface area contributed by atoms with E-state index in [1.807, 2.05) is 0 Å². The summed E-state index contributed by atoms with van der Waals surface area (Å²) in [5.74, 6) is 0. The van der Waals surface area contributed by atoms with Crippen molar-refractivity contribution in [2.45, 2.75) is 31.6 Å². The van der Waals surface area contributed by atoms with E-state index in [2.05, 4.69) is 10.5 Å². The molecule has 164 valence electrons. The van der Waals surface area contributed by atoms with Crippen LogP contribution in [0.1, 0.15) is 30.9 Å². The van der Waals surface area contributed by atoms with Crippen LogP contribution in [0.4, 0.5) is 17.1 Å². The lowest BCUT2D eigenvalue weighted by molar-refractivity contribution is -0.385. The van der Waals surface area contributed by atoms with Crippen LogP contribution in [0.5, 0.6) is 0 Å². The van der Waals surface area contributed by atoms with Crippen LogP contribution in [-0.4, -0.2) is 41.4 Å². The molecule has 0 bridgehead atoms. The smallest absolute Gasteiger partial charge is 0.271 e. The van der Waals surface area contributed by atoms with Crippen molar-refractivity contribution in [2.24, 2.45) is 5.10 Å². The molecule has 1 N–H and O–H groups in total. The van der Waals surface area contributed by atoms with Gasteiger partial charge in [0.2, 0.25) is 10.0 Å². The van der Waals surface area contributed by atoms with Gasteiger partial charge in [0.05, 0.1) is 20.5 Å². The van der Waals surface area contributed by atoms with Crippen LogP contribution in [0.2, 0.25) is 0 Å². The number of hydrogen-bond acceptors (Lipinski definition) is 8. The van der Waals surface area contributed by atoms with Crippen LogP contribution in [-0.2, 0) is 10.0 Å². The van der Waals surface area contributed by atoms with Gasteiger partial charge in [0.15, 0.2) is 0 Å². The third-order valence-corrected chi connectivity index (χ3v) is 6.93. The zero-order valence-electron chi connectivity index (χ0n) is 16.9. The molecule has 31 heavy (non-hydrogen) atoms. The first kappa shape index (κ1) is 22.3. The molecule has 1 saturated heterocycles. The molecular formula is C19H21N5O6S. The Morgan fingerprint density at radius 3 is 2.29 bits per heavy atom. The maximum absolute atomic E-state index is 12.7. The van der Waals surface area contributed by atoms with Gasteiger partial charge in [-0.1, -0.05) is 12.1 Å². The van der Waals surface area contributed by atoms with Gasteiger partial charge in [0.1, 0.15) is 5.69 Å². The number of anilines is 1. The van der Waals surface area contributed by atoms with Gasteiger partial charge in [-0.15, -0.1) is 0 Å². The Morgan fingerprint density at radius 1 is 1.03 bits per heavy atom. The number of rotatable bonds is 7. The summed E-state index contributed by atoms with van der Waals surface area (Å²) in [4.78, 5) is 21.3. The van der Waals surface area contributed by atoms with Crippen LogP contribution in [0.25, 0.3) is 0 Å². The first-order chi connectivity index (χ1) is 14.6. The zero-order chi connectivity index (χ0) is 22.8. The monoisotopic (exact) mass is 447 g/mol. The predicted molar refractivity (Wildman–Crippen MR) is 115 cm³/mol. The second kappa shape index (κ2) is 8.78. The molecule has 0 saturated carbocycles. The molecule has 12 heteroatoms. The molecule has 0 spiro atoms. The fourth-order valence-corrected chi connectivity index (χ4v) is 4.77. The molecule has 0 atom stereocenters. The average Bonchev–Trinajstić information content (AvgIpc) is 3.27. The van der Waals surface area contributed by atoms with E-state index < -0.39 is 25.6 Å². The van der Waals surface area contributed by atoms with Crippen molar-refractivity contribution in [2.75, 3.05) is 18.5 Å². The maximum atomic E-state index is 12.7. The molecule has 0 unspecified atom stereocenters. The molecule has 1 heterocycles. The molecule has 0 aromatic heterocycles. The van der Waals surface area contributed by atoms with Crippen molar-refractivity contribution < 1.29 is 18.3 Å². The molecular weight excluding hydrogens is 426 g/mol. The van der Waals surface area contributed by atoms with Gasteiger partial charge in [-0.2, -0.15) is 9.41 Å². The second-order valence-corrected chi connectivity index (χ2v) is 9.05. The Hall–Kier alpha value is -3.38. The molecule has 1 fully saturated rings. The molecule has 3 rings (SSSR count). The largest absolute Gasteiger partial charge is 0.295 e. The highest BCUT2D eigenvalue weighted by Gasteiger charge is 2.29. The second-order valence-electron chi connectivity index (χ2n) is 7.11. The molecule has 2 aromatic carbocycles. The lowest BCUT2D eigenvalue weighted by atomic mass is 10.1. The summed E-state index contributed by atoms with van der Waals surface area (Å²) < 4.78 is 26.7. The first-order valence-corrected chi connectivity index (χ1v) is 10.9. The van der Waals surface area contributed by atoms with E-state index in [9.17, 15) is 28.6 Å².